The number of allylic oxidation sites excluding steroid dienone is 9. The zero-order valence-corrected chi connectivity index (χ0v) is 24.9. The minimum atomic E-state index is 0.346. The summed E-state index contributed by atoms with van der Waals surface area (Å²) in [4.78, 5) is 5.13. The predicted octanol–water partition coefficient (Wildman–Crippen LogP) is 8.20. The number of nitrogens with zero attached hydrogens (tertiary/aromatic N) is 2. The Morgan fingerprint density at radius 2 is 1.67 bits per heavy atom. The molecule has 1 heterocycles. The summed E-state index contributed by atoms with van der Waals surface area (Å²) in [5, 5.41) is 2.76. The van der Waals surface area contributed by atoms with Crippen LogP contribution in [0.3, 0.4) is 0 Å². The normalized spacial score (nSPS) is 20.3. The minimum Gasteiger partial charge on any atom is -0.296 e. The molecule has 0 aliphatic heterocycles. The van der Waals surface area contributed by atoms with E-state index in [9.17, 15) is 0 Å². The van der Waals surface area contributed by atoms with Gasteiger partial charge in [-0.1, -0.05) is 116 Å². The molecule has 2 atom stereocenters. The smallest absolute Gasteiger partial charge is 0.145 e. The van der Waals surface area contributed by atoms with Crippen molar-refractivity contribution in [2.75, 3.05) is 0 Å². The largest absolute Gasteiger partial charge is 0.296 e. The number of aryl methyl sites for hydroxylation is 1. The highest BCUT2D eigenvalue weighted by Crippen LogP contribution is 2.42. The van der Waals surface area contributed by atoms with Crippen molar-refractivity contribution in [2.24, 2.45) is 11.8 Å². The Labute approximate surface area is 254 Å². The average Bonchev–Trinajstić information content (AvgIpc) is 3.43. The Morgan fingerprint density at radius 3 is 2.49 bits per heavy atom. The third kappa shape index (κ3) is 4.44. The number of fused-ring (bicyclic) bond motifs is 3. The van der Waals surface area contributed by atoms with E-state index in [2.05, 4.69) is 140 Å². The summed E-state index contributed by atoms with van der Waals surface area (Å²) in [6.07, 6.45) is 22.5. The first-order chi connectivity index (χ1) is 21.2. The van der Waals surface area contributed by atoms with E-state index in [0.717, 1.165) is 42.8 Å². The number of aromatic nitrogens is 2. The molecule has 2 nitrogen and oxygen atoms in total. The van der Waals surface area contributed by atoms with Gasteiger partial charge in [0.2, 0.25) is 0 Å². The molecule has 0 radical (unpaired) electrons. The summed E-state index contributed by atoms with van der Waals surface area (Å²) in [5.41, 5.74) is 13.2. The van der Waals surface area contributed by atoms with Gasteiger partial charge in [-0.15, -0.1) is 0 Å². The van der Waals surface area contributed by atoms with Crippen molar-refractivity contribution in [3.8, 4) is 17.1 Å². The molecule has 0 saturated heterocycles. The van der Waals surface area contributed by atoms with E-state index < -0.39 is 0 Å². The standard InChI is InChI=1S/C41H36N2/c1-27-17-23-35-36(25-27)40(34-16-10-9-15-33(34)39(35)29-11-5-3-6-12-29)30-19-21-32(22-20-30)43-38-26-28(2)18-24-37(38)42-41(43)31-13-7-4-8-14-31/h3-5,7-11,13-15,17-25,28,34H,6,12,16,26H2,1-2H3/t28-,34?/m1/s1. The molecule has 210 valence electrons. The average molecular weight is 557 g/mol. The Balaban J connectivity index is 1.33. The maximum atomic E-state index is 5.13. The molecule has 1 unspecified atom stereocenters. The molecule has 4 aliphatic rings. The van der Waals surface area contributed by atoms with Crippen LogP contribution in [-0.4, -0.2) is 9.55 Å². The maximum Gasteiger partial charge on any atom is 0.145 e. The topological polar surface area (TPSA) is 17.8 Å². The summed E-state index contributed by atoms with van der Waals surface area (Å²) in [5.74, 6) is 1.85. The molecule has 0 saturated carbocycles. The number of imidazole rings is 1. The van der Waals surface area contributed by atoms with Crippen LogP contribution in [0, 0.1) is 18.8 Å². The fraction of sp³-hybridized carbons (Fsp3) is 0.195. The van der Waals surface area contributed by atoms with E-state index in [1.165, 1.54) is 55.2 Å². The van der Waals surface area contributed by atoms with Crippen molar-refractivity contribution in [3.05, 3.63) is 159 Å². The lowest BCUT2D eigenvalue weighted by atomic mass is 9.71. The molecule has 0 spiro atoms. The molecule has 0 amide bonds. The number of benzene rings is 3. The van der Waals surface area contributed by atoms with E-state index >= 15 is 0 Å². The number of hydrogen-bond acceptors (Lipinski definition) is 1. The highest BCUT2D eigenvalue weighted by atomic mass is 15.1. The van der Waals surface area contributed by atoms with Crippen LogP contribution in [0.2, 0.25) is 0 Å². The maximum absolute atomic E-state index is 5.13. The lowest BCUT2D eigenvalue weighted by molar-refractivity contribution is 0.688. The van der Waals surface area contributed by atoms with Gasteiger partial charge in [0.05, 0.1) is 11.4 Å². The van der Waals surface area contributed by atoms with Gasteiger partial charge in [0.25, 0.3) is 0 Å². The van der Waals surface area contributed by atoms with Gasteiger partial charge in [-0.25, -0.2) is 4.98 Å². The van der Waals surface area contributed by atoms with E-state index in [-0.39, 0.29) is 0 Å². The monoisotopic (exact) mass is 556 g/mol. The molecular weight excluding hydrogens is 520 g/mol. The molecule has 0 fully saturated rings. The van der Waals surface area contributed by atoms with Crippen molar-refractivity contribution in [1.29, 1.82) is 0 Å². The van der Waals surface area contributed by atoms with E-state index in [0.29, 0.717) is 11.8 Å². The van der Waals surface area contributed by atoms with Gasteiger partial charge in [0.15, 0.2) is 0 Å². The second kappa shape index (κ2) is 10.5. The molecule has 0 bridgehead atoms. The van der Waals surface area contributed by atoms with E-state index in [1.54, 1.807) is 0 Å². The van der Waals surface area contributed by atoms with Crippen molar-refractivity contribution < 1.29 is 0 Å². The summed E-state index contributed by atoms with van der Waals surface area (Å²) in [6.45, 7) is 4.51. The van der Waals surface area contributed by atoms with Crippen LogP contribution in [0.4, 0.5) is 0 Å². The Bertz CT molecular complexity index is 2020. The third-order valence-electron chi connectivity index (χ3n) is 9.44. The summed E-state index contributed by atoms with van der Waals surface area (Å²) < 4.78 is 2.39. The van der Waals surface area contributed by atoms with E-state index in [4.69, 9.17) is 4.98 Å². The summed E-state index contributed by atoms with van der Waals surface area (Å²) in [7, 11) is 0. The highest BCUT2D eigenvalue weighted by molar-refractivity contribution is 5.88. The third-order valence-corrected chi connectivity index (χ3v) is 9.44. The first-order valence-corrected chi connectivity index (χ1v) is 15.7. The number of rotatable bonds is 4. The molecule has 2 heteroatoms. The lowest BCUT2D eigenvalue weighted by Gasteiger charge is -2.32. The molecule has 8 rings (SSSR count). The van der Waals surface area contributed by atoms with Crippen molar-refractivity contribution in [2.45, 2.75) is 39.5 Å². The van der Waals surface area contributed by atoms with Crippen LogP contribution in [0.5, 0.6) is 0 Å². The van der Waals surface area contributed by atoms with Gasteiger partial charge in [0, 0.05) is 17.2 Å². The predicted molar refractivity (Wildman–Crippen MR) is 179 cm³/mol. The van der Waals surface area contributed by atoms with Gasteiger partial charge >= 0.3 is 0 Å². The minimum absolute atomic E-state index is 0.346. The van der Waals surface area contributed by atoms with Crippen LogP contribution in [0.1, 0.15) is 48.7 Å². The zero-order valence-electron chi connectivity index (χ0n) is 24.9. The molecular formula is C41H36N2. The van der Waals surface area contributed by atoms with Gasteiger partial charge in [-0.2, -0.15) is 0 Å². The van der Waals surface area contributed by atoms with Crippen LogP contribution >= 0.6 is 0 Å². The zero-order chi connectivity index (χ0) is 28.9. The van der Waals surface area contributed by atoms with Crippen LogP contribution in [-0.2, 0) is 6.42 Å². The Kier molecular flexibility index (Phi) is 6.37. The van der Waals surface area contributed by atoms with Gasteiger partial charge in [-0.3, -0.25) is 4.57 Å². The first-order valence-electron chi connectivity index (χ1n) is 15.7. The molecule has 4 aliphatic carbocycles. The van der Waals surface area contributed by atoms with Gasteiger partial charge in [0.1, 0.15) is 5.82 Å². The van der Waals surface area contributed by atoms with Crippen molar-refractivity contribution in [3.63, 3.8) is 0 Å². The molecule has 4 aromatic rings. The summed E-state index contributed by atoms with van der Waals surface area (Å²) >= 11 is 0. The highest BCUT2D eigenvalue weighted by Gasteiger charge is 2.30. The second-order valence-corrected chi connectivity index (χ2v) is 12.4. The fourth-order valence-electron chi connectivity index (χ4n) is 7.41. The summed E-state index contributed by atoms with van der Waals surface area (Å²) in [6, 6.07) is 27.0. The van der Waals surface area contributed by atoms with E-state index in [1.807, 2.05) is 0 Å². The molecule has 1 aromatic heterocycles. The van der Waals surface area contributed by atoms with Crippen LogP contribution in [0.25, 0.3) is 34.3 Å². The SMILES string of the molecule is Cc1ccc2c(c1)=C(c1ccc(-n3c(-c4ccccc4)nc4c3C[C@H](C)C=C4)cc1)C1CC=CC=C1C=2C1=CC=CCC1. The first kappa shape index (κ1) is 26.0. The second-order valence-electron chi connectivity index (χ2n) is 12.4. The fourth-order valence-corrected chi connectivity index (χ4v) is 7.41. The Hall–Kier alpha value is -4.69. The Morgan fingerprint density at radius 1 is 0.837 bits per heavy atom. The molecule has 0 N–H and O–H groups in total. The molecule has 43 heavy (non-hydrogen) atoms. The number of hydrogen-bond donors (Lipinski definition) is 0. The van der Waals surface area contributed by atoms with Crippen LogP contribution < -0.4 is 10.4 Å². The van der Waals surface area contributed by atoms with Gasteiger partial charge in [-0.05, 0) is 95.0 Å². The van der Waals surface area contributed by atoms with Crippen molar-refractivity contribution >= 4 is 17.2 Å². The van der Waals surface area contributed by atoms with Gasteiger partial charge < -0.3 is 0 Å². The van der Waals surface area contributed by atoms with Crippen LogP contribution in [0.15, 0.2) is 126 Å². The lowest BCUT2D eigenvalue weighted by Crippen LogP contribution is -2.38. The molecule has 3 aromatic carbocycles. The van der Waals surface area contributed by atoms with Crippen molar-refractivity contribution in [1.82, 2.24) is 9.55 Å². The quantitative estimate of drug-likeness (QED) is 0.248.